The molecule has 0 bridgehead atoms. The summed E-state index contributed by atoms with van der Waals surface area (Å²) in [5, 5.41) is 10.9. The molecule has 1 aromatic carbocycles. The molecule has 0 saturated heterocycles. The van der Waals surface area contributed by atoms with Crippen molar-refractivity contribution in [1.82, 2.24) is 15.3 Å². The number of nitrogens with zero attached hydrogens (tertiary/aromatic N) is 2. The fourth-order valence-electron chi connectivity index (χ4n) is 1.51. The molecule has 19 heavy (non-hydrogen) atoms. The molecule has 4 N–H and O–H groups in total. The number of hydrogen-bond acceptors (Lipinski definition) is 6. The number of nitrogens with one attached hydrogen (secondary N) is 1. The van der Waals surface area contributed by atoms with E-state index in [9.17, 15) is 4.79 Å². The normalized spacial score (nSPS) is 10.0. The van der Waals surface area contributed by atoms with E-state index in [1.807, 2.05) is 0 Å². The van der Waals surface area contributed by atoms with E-state index < -0.39 is 5.91 Å². The molecule has 98 valence electrons. The van der Waals surface area contributed by atoms with Crippen LogP contribution in [0.15, 0.2) is 30.5 Å². The quantitative estimate of drug-likeness (QED) is 0.559. The number of anilines is 1. The van der Waals surface area contributed by atoms with Gasteiger partial charge in [-0.1, -0.05) is 0 Å². The molecule has 0 fully saturated rings. The molecule has 0 aliphatic carbocycles. The van der Waals surface area contributed by atoms with Gasteiger partial charge in [0.15, 0.2) is 17.3 Å². The lowest BCUT2D eigenvalue weighted by Crippen LogP contribution is -2.21. The summed E-state index contributed by atoms with van der Waals surface area (Å²) >= 11 is 0. The number of rotatable bonds is 3. The first-order chi connectivity index (χ1) is 9.15. The van der Waals surface area contributed by atoms with Crippen molar-refractivity contribution >= 4 is 11.7 Å². The van der Waals surface area contributed by atoms with Gasteiger partial charge in [0.1, 0.15) is 0 Å². The highest BCUT2D eigenvalue weighted by Gasteiger charge is 2.13. The molecular formula is C12H12N4O3. The largest absolute Gasteiger partial charge is 0.382 e. The minimum absolute atomic E-state index is 0.0680. The molecule has 0 saturated carbocycles. The third-order valence-corrected chi connectivity index (χ3v) is 2.50. The highest BCUT2D eigenvalue weighted by atomic mass is 17.1. The average molecular weight is 260 g/mol. The lowest BCUT2D eigenvalue weighted by atomic mass is 10.1. The van der Waals surface area contributed by atoms with Gasteiger partial charge in [-0.3, -0.25) is 4.79 Å². The van der Waals surface area contributed by atoms with Crippen molar-refractivity contribution in [3.8, 4) is 17.0 Å². The summed E-state index contributed by atoms with van der Waals surface area (Å²) in [6.07, 6.45) is 1.47. The van der Waals surface area contributed by atoms with Crippen LogP contribution >= 0.6 is 0 Å². The second kappa shape index (κ2) is 5.32. The summed E-state index contributed by atoms with van der Waals surface area (Å²) in [6, 6.07) is 6.48. The Morgan fingerprint density at radius 1 is 1.37 bits per heavy atom. The predicted octanol–water partition coefficient (Wildman–Crippen LogP) is 0.937. The van der Waals surface area contributed by atoms with E-state index in [2.05, 4.69) is 20.2 Å². The van der Waals surface area contributed by atoms with Gasteiger partial charge in [0, 0.05) is 12.6 Å². The third-order valence-electron chi connectivity index (χ3n) is 2.50. The molecule has 2 aromatic rings. The summed E-state index contributed by atoms with van der Waals surface area (Å²) in [6.45, 7) is 0. The minimum Gasteiger partial charge on any atom is -0.382 e. The maximum absolute atomic E-state index is 11.6. The van der Waals surface area contributed by atoms with Crippen LogP contribution in [0, 0.1) is 0 Å². The zero-order valence-corrected chi connectivity index (χ0v) is 10.1. The van der Waals surface area contributed by atoms with E-state index in [4.69, 9.17) is 11.0 Å². The van der Waals surface area contributed by atoms with Gasteiger partial charge in [-0.15, -0.1) is 0 Å². The number of nitrogens with two attached hydrogens (primary N) is 1. The van der Waals surface area contributed by atoms with Crippen molar-refractivity contribution in [2.45, 2.75) is 0 Å². The molecule has 0 aliphatic rings. The molecule has 0 atom stereocenters. The zero-order valence-electron chi connectivity index (χ0n) is 10.1. The Kier molecular flexibility index (Phi) is 3.58. The minimum atomic E-state index is -0.401. The van der Waals surface area contributed by atoms with Gasteiger partial charge in [-0.25, -0.2) is 15.2 Å². The lowest BCUT2D eigenvalue weighted by molar-refractivity contribution is -0.137. The topological polar surface area (TPSA) is 110 Å². The number of amides is 1. The van der Waals surface area contributed by atoms with E-state index in [-0.39, 0.29) is 11.5 Å². The molecule has 0 spiro atoms. The standard InChI is InChI=1S/C12H12N4O3/c1-14-12(17)10-11(13)15-6-9(16-10)7-2-4-8(19-18)5-3-7/h2-6,18H,1H3,(H2,13,15)(H,14,17). The fourth-order valence-corrected chi connectivity index (χ4v) is 1.51. The number of carbonyl (C=O) groups is 1. The van der Waals surface area contributed by atoms with E-state index in [1.165, 1.54) is 13.2 Å². The summed E-state index contributed by atoms with van der Waals surface area (Å²) in [7, 11) is 1.49. The summed E-state index contributed by atoms with van der Waals surface area (Å²) in [5.41, 5.74) is 6.89. The molecule has 0 unspecified atom stereocenters. The Balaban J connectivity index is 2.42. The molecular weight excluding hydrogens is 248 g/mol. The Hall–Kier alpha value is -2.67. The molecule has 0 aliphatic heterocycles. The molecule has 7 nitrogen and oxygen atoms in total. The van der Waals surface area contributed by atoms with E-state index in [0.717, 1.165) is 5.56 Å². The SMILES string of the molecule is CNC(=O)c1nc(-c2ccc(OO)cc2)cnc1N. The van der Waals surface area contributed by atoms with Crippen LogP contribution in [0.3, 0.4) is 0 Å². The van der Waals surface area contributed by atoms with Crippen molar-refractivity contribution in [3.05, 3.63) is 36.2 Å². The van der Waals surface area contributed by atoms with Gasteiger partial charge in [0.05, 0.1) is 11.9 Å². The number of carbonyl (C=O) groups excluding carboxylic acids is 1. The van der Waals surface area contributed by atoms with E-state index in [1.54, 1.807) is 24.3 Å². The van der Waals surface area contributed by atoms with Gasteiger partial charge in [-0.2, -0.15) is 0 Å². The lowest BCUT2D eigenvalue weighted by Gasteiger charge is -2.06. The van der Waals surface area contributed by atoms with Crippen LogP contribution < -0.4 is 15.9 Å². The van der Waals surface area contributed by atoms with Crippen LogP contribution in [0.4, 0.5) is 5.82 Å². The second-order valence-electron chi connectivity index (χ2n) is 3.68. The van der Waals surface area contributed by atoms with Gasteiger partial charge in [-0.05, 0) is 24.3 Å². The maximum atomic E-state index is 11.6. The van der Waals surface area contributed by atoms with Crippen molar-refractivity contribution in [2.24, 2.45) is 0 Å². The van der Waals surface area contributed by atoms with Crippen molar-refractivity contribution in [1.29, 1.82) is 0 Å². The van der Waals surface area contributed by atoms with Crippen LogP contribution in [0.2, 0.25) is 0 Å². The Bertz CT molecular complexity index is 598. The number of aromatic nitrogens is 2. The smallest absolute Gasteiger partial charge is 0.273 e. The molecule has 1 aromatic heterocycles. The Morgan fingerprint density at radius 2 is 2.05 bits per heavy atom. The van der Waals surface area contributed by atoms with E-state index in [0.29, 0.717) is 11.4 Å². The first-order valence-corrected chi connectivity index (χ1v) is 5.42. The van der Waals surface area contributed by atoms with Crippen molar-refractivity contribution in [3.63, 3.8) is 0 Å². The van der Waals surface area contributed by atoms with Crippen LogP contribution in [-0.2, 0) is 0 Å². The summed E-state index contributed by atoms with van der Waals surface area (Å²) in [5.74, 6) is -0.0285. The first kappa shape index (κ1) is 12.8. The molecule has 7 heteroatoms. The molecule has 1 amide bonds. The van der Waals surface area contributed by atoms with Gasteiger partial charge in [0.25, 0.3) is 5.91 Å². The monoisotopic (exact) mass is 260 g/mol. The highest BCUT2D eigenvalue weighted by molar-refractivity contribution is 5.96. The second-order valence-corrected chi connectivity index (χ2v) is 3.68. The van der Waals surface area contributed by atoms with Gasteiger partial charge < -0.3 is 15.9 Å². The summed E-state index contributed by atoms with van der Waals surface area (Å²) < 4.78 is 0. The maximum Gasteiger partial charge on any atom is 0.273 e. The van der Waals surface area contributed by atoms with Crippen molar-refractivity contribution < 1.29 is 14.9 Å². The first-order valence-electron chi connectivity index (χ1n) is 5.42. The van der Waals surface area contributed by atoms with Crippen molar-refractivity contribution in [2.75, 3.05) is 12.8 Å². The van der Waals surface area contributed by atoms with Gasteiger partial charge >= 0.3 is 0 Å². The Labute approximate surface area is 109 Å². The zero-order chi connectivity index (χ0) is 13.8. The van der Waals surface area contributed by atoms with Gasteiger partial charge in [0.2, 0.25) is 0 Å². The average Bonchev–Trinajstić information content (AvgIpc) is 2.47. The highest BCUT2D eigenvalue weighted by Crippen LogP contribution is 2.21. The third kappa shape index (κ3) is 2.61. The van der Waals surface area contributed by atoms with Crippen LogP contribution in [0.1, 0.15) is 10.5 Å². The molecule has 2 rings (SSSR count). The number of hydrogen-bond donors (Lipinski definition) is 3. The fraction of sp³-hybridized carbons (Fsp3) is 0.0833. The predicted molar refractivity (Wildman–Crippen MR) is 68.5 cm³/mol. The number of benzene rings is 1. The van der Waals surface area contributed by atoms with Crippen LogP contribution in [0.25, 0.3) is 11.3 Å². The van der Waals surface area contributed by atoms with Crippen LogP contribution in [0.5, 0.6) is 5.75 Å². The van der Waals surface area contributed by atoms with E-state index >= 15 is 0 Å². The number of nitrogen functional groups attached to an aromatic ring is 1. The Morgan fingerprint density at radius 3 is 2.63 bits per heavy atom. The van der Waals surface area contributed by atoms with Crippen LogP contribution in [-0.4, -0.2) is 28.2 Å². The molecule has 0 radical (unpaired) electrons. The summed E-state index contributed by atoms with van der Waals surface area (Å²) in [4.78, 5) is 23.8. The molecule has 1 heterocycles.